The van der Waals surface area contributed by atoms with E-state index in [1.54, 1.807) is 69.2 Å². The number of aromatic nitrogens is 4. The molecule has 276 valence electrons. The first-order chi connectivity index (χ1) is 22.8. The second kappa shape index (κ2) is 12.4. The summed E-state index contributed by atoms with van der Waals surface area (Å²) in [5.74, 6) is -2.83. The summed E-state index contributed by atoms with van der Waals surface area (Å²) in [5.41, 5.74) is -4.44. The zero-order chi connectivity index (χ0) is 37.4. The third kappa shape index (κ3) is 7.31. The van der Waals surface area contributed by atoms with Crippen molar-refractivity contribution in [1.82, 2.24) is 19.7 Å². The Morgan fingerprint density at radius 3 is 2.16 bits per heavy atom. The number of carbonyl (C=O) groups is 3. The van der Waals surface area contributed by atoms with Gasteiger partial charge in [-0.3, -0.25) is 0 Å². The third-order valence-electron chi connectivity index (χ3n) is 9.61. The van der Waals surface area contributed by atoms with Crippen molar-refractivity contribution in [2.24, 2.45) is 17.3 Å². The fourth-order valence-electron chi connectivity index (χ4n) is 8.39. The molecular weight excluding hydrogens is 647 g/mol. The van der Waals surface area contributed by atoms with Gasteiger partial charge in [-0.05, 0) is 126 Å². The quantitative estimate of drug-likeness (QED) is 0.233. The molecule has 13 nitrogen and oxygen atoms in total. The first kappa shape index (κ1) is 37.4. The first-order valence-corrected chi connectivity index (χ1v) is 17.4. The minimum atomic E-state index is -1.09. The van der Waals surface area contributed by atoms with Gasteiger partial charge in [-0.25, -0.2) is 23.8 Å². The van der Waals surface area contributed by atoms with Crippen molar-refractivity contribution in [3.8, 4) is 0 Å². The lowest BCUT2D eigenvalue weighted by Crippen LogP contribution is -2.63. The molecule has 0 radical (unpaired) electrons. The Labute approximate surface area is 293 Å². The Kier molecular flexibility index (Phi) is 9.32. The van der Waals surface area contributed by atoms with Gasteiger partial charge < -0.3 is 29.5 Å². The van der Waals surface area contributed by atoms with Gasteiger partial charge in [-0.2, -0.15) is 9.67 Å². The molecule has 50 heavy (non-hydrogen) atoms. The molecule has 2 heterocycles. The number of esters is 2. The number of ether oxygens (including phenoxy) is 3. The van der Waals surface area contributed by atoms with Crippen molar-refractivity contribution in [3.05, 3.63) is 22.8 Å². The Morgan fingerprint density at radius 2 is 1.62 bits per heavy atom. The highest BCUT2D eigenvalue weighted by molar-refractivity contribution is 5.99. The molecule has 4 aliphatic carbocycles. The van der Waals surface area contributed by atoms with Gasteiger partial charge in [0.05, 0.1) is 17.9 Å². The smallest absolute Gasteiger partial charge is 0.435 e. The maximum Gasteiger partial charge on any atom is 0.435 e. The van der Waals surface area contributed by atoms with Gasteiger partial charge in [0.25, 0.3) is 0 Å². The van der Waals surface area contributed by atoms with Crippen LogP contribution in [0.1, 0.15) is 135 Å². The van der Waals surface area contributed by atoms with Crippen molar-refractivity contribution in [3.63, 3.8) is 0 Å². The van der Waals surface area contributed by atoms with Gasteiger partial charge in [-0.1, -0.05) is 6.92 Å². The van der Waals surface area contributed by atoms with E-state index in [1.165, 1.54) is 11.8 Å². The van der Waals surface area contributed by atoms with Crippen molar-refractivity contribution >= 4 is 35.6 Å². The molecule has 2 N–H and O–H groups in total. The molecular formula is C36H53FN6O7. The van der Waals surface area contributed by atoms with Crippen LogP contribution in [-0.4, -0.2) is 77.9 Å². The molecule has 0 aromatic carbocycles. The Balaban J connectivity index is 1.70. The maximum absolute atomic E-state index is 16.8. The van der Waals surface area contributed by atoms with Crippen LogP contribution in [-0.2, 0) is 14.2 Å². The van der Waals surface area contributed by atoms with Crippen molar-refractivity contribution < 1.29 is 38.1 Å². The zero-order valence-electron chi connectivity index (χ0n) is 31.5. The number of hydrogen-bond donors (Lipinski definition) is 2. The molecule has 5 unspecified atom stereocenters. The summed E-state index contributed by atoms with van der Waals surface area (Å²) in [6.07, 6.45) is 3.03. The minimum Gasteiger partial charge on any atom is -0.461 e. The normalized spacial score (nSPS) is 26.1. The molecule has 2 aromatic rings. The second-order valence-electron chi connectivity index (χ2n) is 17.6. The van der Waals surface area contributed by atoms with Crippen LogP contribution in [0.15, 0.2) is 0 Å². The van der Waals surface area contributed by atoms with Crippen molar-refractivity contribution in [2.45, 2.75) is 144 Å². The summed E-state index contributed by atoms with van der Waals surface area (Å²) in [5, 5.41) is 19.3. The molecule has 14 heteroatoms. The molecule has 0 amide bonds. The molecule has 4 bridgehead atoms. The van der Waals surface area contributed by atoms with E-state index in [9.17, 15) is 19.5 Å². The molecule has 0 spiro atoms. The number of carbonyl (C=O) groups excluding carboxylic acids is 3. The van der Waals surface area contributed by atoms with E-state index in [2.05, 4.69) is 27.3 Å². The van der Waals surface area contributed by atoms with Gasteiger partial charge in [-0.15, -0.1) is 5.10 Å². The molecule has 4 saturated carbocycles. The first-order valence-electron chi connectivity index (χ1n) is 17.4. The number of anilines is 3. The number of nitrogens with one attached hydrogen (secondary N) is 1. The molecule has 6 rings (SSSR count). The molecule has 5 atom stereocenters. The number of rotatable bonds is 7. The predicted molar refractivity (Wildman–Crippen MR) is 184 cm³/mol. The summed E-state index contributed by atoms with van der Waals surface area (Å²) < 4.78 is 34.3. The number of halogens is 1. The van der Waals surface area contributed by atoms with E-state index >= 15 is 4.39 Å². The maximum atomic E-state index is 16.8. The van der Waals surface area contributed by atoms with Crippen LogP contribution in [0.2, 0.25) is 0 Å². The summed E-state index contributed by atoms with van der Waals surface area (Å²) in [6, 6.07) is -0.151. The third-order valence-corrected chi connectivity index (χ3v) is 9.61. The highest BCUT2D eigenvalue weighted by Gasteiger charge is 2.60. The Hall–Kier alpha value is -3.81. The summed E-state index contributed by atoms with van der Waals surface area (Å²) in [7, 11) is 0. The van der Waals surface area contributed by atoms with E-state index < -0.39 is 51.9 Å². The molecule has 4 fully saturated rings. The van der Waals surface area contributed by atoms with Crippen LogP contribution in [0.25, 0.3) is 0 Å². The van der Waals surface area contributed by atoms with Gasteiger partial charge >= 0.3 is 18.0 Å². The number of nitrogens with zero attached hydrogens (tertiary/aromatic N) is 5. The van der Waals surface area contributed by atoms with Crippen LogP contribution >= 0.6 is 0 Å². The number of hydrogen-bond acceptors (Lipinski definition) is 12. The zero-order valence-corrected chi connectivity index (χ0v) is 31.5. The van der Waals surface area contributed by atoms with Crippen LogP contribution in [0, 0.1) is 30.0 Å². The lowest BCUT2D eigenvalue weighted by atomic mass is 9.46. The molecule has 4 aliphatic rings. The summed E-state index contributed by atoms with van der Waals surface area (Å²) >= 11 is 0. The molecule has 0 saturated heterocycles. The minimum absolute atomic E-state index is 0.00786. The van der Waals surface area contributed by atoms with Crippen LogP contribution in [0.4, 0.5) is 26.8 Å². The number of aliphatic hydroxyl groups is 1. The Morgan fingerprint density at radius 1 is 0.980 bits per heavy atom. The Bertz CT molecular complexity index is 1690. The highest BCUT2D eigenvalue weighted by atomic mass is 19.1. The monoisotopic (exact) mass is 700 g/mol. The molecule has 2 aromatic heterocycles. The van der Waals surface area contributed by atoms with E-state index in [4.69, 9.17) is 14.2 Å². The second-order valence-corrected chi connectivity index (χ2v) is 17.6. The highest BCUT2D eigenvalue weighted by Crippen LogP contribution is 2.62. The van der Waals surface area contributed by atoms with E-state index in [0.29, 0.717) is 18.8 Å². The van der Waals surface area contributed by atoms with E-state index in [1.807, 2.05) is 0 Å². The van der Waals surface area contributed by atoms with Crippen molar-refractivity contribution in [1.29, 1.82) is 0 Å². The van der Waals surface area contributed by atoms with Gasteiger partial charge in [0.2, 0.25) is 5.95 Å². The largest absolute Gasteiger partial charge is 0.461 e. The topological polar surface area (TPSA) is 158 Å². The van der Waals surface area contributed by atoms with Crippen LogP contribution in [0.5, 0.6) is 0 Å². The molecule has 0 aliphatic heterocycles. The lowest BCUT2D eigenvalue weighted by Gasteiger charge is -2.63. The van der Waals surface area contributed by atoms with Gasteiger partial charge in [0.1, 0.15) is 16.8 Å². The van der Waals surface area contributed by atoms with Gasteiger partial charge in [0, 0.05) is 11.6 Å². The van der Waals surface area contributed by atoms with Crippen LogP contribution in [0.3, 0.4) is 0 Å². The average Bonchev–Trinajstić information content (AvgIpc) is 3.25. The lowest BCUT2D eigenvalue weighted by molar-refractivity contribution is -0.163. The average molecular weight is 701 g/mol. The van der Waals surface area contributed by atoms with Gasteiger partial charge in [0.15, 0.2) is 23.1 Å². The van der Waals surface area contributed by atoms with E-state index in [0.717, 1.165) is 23.9 Å². The predicted octanol–water partition coefficient (Wildman–Crippen LogP) is 6.71. The summed E-state index contributed by atoms with van der Waals surface area (Å²) in [6.45, 7) is 20.7. The van der Waals surface area contributed by atoms with Crippen LogP contribution < -0.4 is 10.2 Å². The van der Waals surface area contributed by atoms with Crippen molar-refractivity contribution in [2.75, 3.05) is 16.8 Å². The summed E-state index contributed by atoms with van der Waals surface area (Å²) in [4.78, 5) is 50.9. The fourth-order valence-corrected chi connectivity index (χ4v) is 8.39. The van der Waals surface area contributed by atoms with E-state index in [-0.39, 0.29) is 52.8 Å². The fraction of sp³-hybridized carbons (Fsp3) is 0.722. The SMILES string of the molecule is CCOC(=O)c1nc(NC2C3CC4CC(O)(C3)CC2(C)C4)nc(N(c2nn(C(=O)OC(C)(C)C)c(C)c2C(=O)OC(C)(C)C)C(C)(C)C)c1F. The standard InChI is InChI=1S/C36H53FN6O7/c1-13-48-29(45)24-23(37)27(40-30(38-24)39-25-21-14-20-15-35(25,12)18-36(47,16-20)17-21)42(32(3,4)5)26-22(28(44)49-33(6,7)8)19(2)43(41-26)31(46)50-34(9,10)11/h20-21,25,47H,13-18H2,1-12H3,(H,38,39,40).